The fourth-order valence-electron chi connectivity index (χ4n) is 1.54. The number of hydrogen-bond donors (Lipinski definition) is 1. The number of nitriles is 1. The summed E-state index contributed by atoms with van der Waals surface area (Å²) in [4.78, 5) is 0. The van der Waals surface area contributed by atoms with Crippen LogP contribution in [0.4, 0.5) is 10.1 Å². The number of rotatable bonds is 3. The van der Waals surface area contributed by atoms with E-state index in [4.69, 9.17) is 15.7 Å². The Morgan fingerprint density at radius 3 is 2.72 bits per heavy atom. The lowest BCUT2D eigenvalue weighted by molar-refractivity contribution is 0.300. The molecule has 2 aromatic rings. The zero-order valence-corrected chi connectivity index (χ0v) is 9.56. The van der Waals surface area contributed by atoms with Crippen LogP contribution < -0.4 is 10.5 Å². The minimum Gasteiger partial charge on any atom is -0.489 e. The van der Waals surface area contributed by atoms with Gasteiger partial charge in [-0.3, -0.25) is 0 Å². The lowest BCUT2D eigenvalue weighted by Crippen LogP contribution is -2.00. The van der Waals surface area contributed by atoms with Crippen molar-refractivity contribution in [3.63, 3.8) is 0 Å². The number of hydrogen-bond acceptors (Lipinski definition) is 3. The van der Waals surface area contributed by atoms with E-state index < -0.39 is 5.82 Å². The molecule has 2 aromatic carbocycles. The number of nitrogen functional groups attached to an aromatic ring is 1. The molecule has 0 unspecified atom stereocenters. The summed E-state index contributed by atoms with van der Waals surface area (Å²) < 4.78 is 19.2. The molecule has 0 radical (unpaired) electrons. The lowest BCUT2D eigenvalue weighted by atomic mass is 10.1. The van der Waals surface area contributed by atoms with Gasteiger partial charge in [0.2, 0.25) is 0 Å². The first-order chi connectivity index (χ1) is 8.70. The Hall–Kier alpha value is -2.54. The maximum atomic E-state index is 13.7. The van der Waals surface area contributed by atoms with Crippen LogP contribution in [0.3, 0.4) is 0 Å². The van der Waals surface area contributed by atoms with Crippen LogP contribution in [0.1, 0.15) is 11.1 Å². The van der Waals surface area contributed by atoms with Gasteiger partial charge in [-0.1, -0.05) is 18.2 Å². The van der Waals surface area contributed by atoms with Gasteiger partial charge in [0.05, 0.1) is 5.56 Å². The third-order valence-electron chi connectivity index (χ3n) is 2.45. The molecule has 4 heteroatoms. The highest BCUT2D eigenvalue weighted by Crippen LogP contribution is 2.18. The molecule has 0 aliphatic carbocycles. The van der Waals surface area contributed by atoms with Crippen LogP contribution in [0, 0.1) is 17.1 Å². The average molecular weight is 242 g/mol. The van der Waals surface area contributed by atoms with E-state index in [0.29, 0.717) is 17.0 Å². The monoisotopic (exact) mass is 242 g/mol. The fraction of sp³-hybridized carbons (Fsp3) is 0.0714. The average Bonchev–Trinajstić information content (AvgIpc) is 2.38. The van der Waals surface area contributed by atoms with Crippen LogP contribution in [0.15, 0.2) is 42.5 Å². The normalized spacial score (nSPS) is 9.78. The third-order valence-corrected chi connectivity index (χ3v) is 2.45. The molecule has 0 spiro atoms. The van der Waals surface area contributed by atoms with Crippen molar-refractivity contribution >= 4 is 5.69 Å². The predicted molar refractivity (Wildman–Crippen MR) is 66.3 cm³/mol. The summed E-state index contributed by atoms with van der Waals surface area (Å²) >= 11 is 0. The minimum absolute atomic E-state index is 0.0173. The quantitative estimate of drug-likeness (QED) is 0.842. The molecule has 18 heavy (non-hydrogen) atoms. The highest BCUT2D eigenvalue weighted by Gasteiger charge is 2.07. The van der Waals surface area contributed by atoms with Gasteiger partial charge >= 0.3 is 0 Å². The van der Waals surface area contributed by atoms with E-state index in [2.05, 4.69) is 0 Å². The van der Waals surface area contributed by atoms with Gasteiger partial charge in [0.25, 0.3) is 0 Å². The van der Waals surface area contributed by atoms with Gasteiger partial charge in [0.1, 0.15) is 24.2 Å². The van der Waals surface area contributed by atoms with Gasteiger partial charge in [-0.05, 0) is 18.2 Å². The molecule has 2 rings (SSSR count). The number of nitrogens with zero attached hydrogens (tertiary/aromatic N) is 1. The summed E-state index contributed by atoms with van der Waals surface area (Å²) in [5, 5.41) is 8.72. The molecule has 0 aliphatic rings. The summed E-state index contributed by atoms with van der Waals surface area (Å²) in [6.07, 6.45) is 0. The van der Waals surface area contributed by atoms with Crippen molar-refractivity contribution in [2.75, 3.05) is 5.73 Å². The van der Waals surface area contributed by atoms with Crippen LogP contribution >= 0.6 is 0 Å². The summed E-state index contributed by atoms with van der Waals surface area (Å²) in [6, 6.07) is 13.3. The SMILES string of the molecule is N#Cc1cccc(COc2cccc(N)c2)c1F. The highest BCUT2D eigenvalue weighted by atomic mass is 19.1. The Labute approximate surface area is 104 Å². The Balaban J connectivity index is 2.14. The van der Waals surface area contributed by atoms with Crippen LogP contribution in [0.5, 0.6) is 5.75 Å². The van der Waals surface area contributed by atoms with E-state index in [0.717, 1.165) is 0 Å². The lowest BCUT2D eigenvalue weighted by Gasteiger charge is -2.08. The zero-order chi connectivity index (χ0) is 13.0. The molecule has 0 fully saturated rings. The number of anilines is 1. The first-order valence-electron chi connectivity index (χ1n) is 5.36. The summed E-state index contributed by atoms with van der Waals surface area (Å²) in [5.74, 6) is 0.0284. The molecular weight excluding hydrogens is 231 g/mol. The summed E-state index contributed by atoms with van der Waals surface area (Å²) in [7, 11) is 0. The molecule has 90 valence electrons. The maximum Gasteiger partial charge on any atom is 0.147 e. The molecule has 2 N–H and O–H groups in total. The molecule has 0 heterocycles. The Bertz CT molecular complexity index is 605. The number of ether oxygens (including phenoxy) is 1. The first-order valence-corrected chi connectivity index (χ1v) is 5.36. The molecule has 0 saturated heterocycles. The Morgan fingerprint density at radius 2 is 2.00 bits per heavy atom. The molecular formula is C14H11FN2O. The van der Waals surface area contributed by atoms with Crippen molar-refractivity contribution in [2.45, 2.75) is 6.61 Å². The number of benzene rings is 2. The van der Waals surface area contributed by atoms with E-state index in [-0.39, 0.29) is 12.2 Å². The van der Waals surface area contributed by atoms with E-state index in [1.807, 2.05) is 0 Å². The Kier molecular flexibility index (Phi) is 3.44. The van der Waals surface area contributed by atoms with E-state index in [1.54, 1.807) is 42.5 Å². The molecule has 0 aromatic heterocycles. The smallest absolute Gasteiger partial charge is 0.147 e. The number of nitrogens with two attached hydrogens (primary N) is 1. The van der Waals surface area contributed by atoms with Crippen LogP contribution in [-0.4, -0.2) is 0 Å². The predicted octanol–water partition coefficient (Wildman–Crippen LogP) is 2.86. The van der Waals surface area contributed by atoms with Gasteiger partial charge in [-0.2, -0.15) is 5.26 Å². The minimum atomic E-state index is -0.538. The molecule has 0 atom stereocenters. The molecule has 0 saturated carbocycles. The second-order valence-corrected chi connectivity index (χ2v) is 3.75. The van der Waals surface area contributed by atoms with Crippen molar-refractivity contribution in [1.29, 1.82) is 5.26 Å². The highest BCUT2D eigenvalue weighted by molar-refractivity contribution is 5.43. The third kappa shape index (κ3) is 2.58. The molecule has 0 aliphatic heterocycles. The first kappa shape index (κ1) is 11.9. The van der Waals surface area contributed by atoms with E-state index in [1.165, 1.54) is 6.07 Å². The molecule has 0 bridgehead atoms. The van der Waals surface area contributed by atoms with Gasteiger partial charge < -0.3 is 10.5 Å². The fourth-order valence-corrected chi connectivity index (χ4v) is 1.54. The molecule has 0 amide bonds. The second-order valence-electron chi connectivity index (χ2n) is 3.75. The van der Waals surface area contributed by atoms with Crippen molar-refractivity contribution in [3.05, 3.63) is 59.4 Å². The van der Waals surface area contributed by atoms with Gasteiger partial charge in [-0.15, -0.1) is 0 Å². The summed E-state index contributed by atoms with van der Waals surface area (Å²) in [5.41, 5.74) is 6.55. The van der Waals surface area contributed by atoms with Crippen molar-refractivity contribution in [2.24, 2.45) is 0 Å². The summed E-state index contributed by atoms with van der Waals surface area (Å²) in [6.45, 7) is 0.0603. The van der Waals surface area contributed by atoms with E-state index in [9.17, 15) is 4.39 Å². The Morgan fingerprint density at radius 1 is 1.22 bits per heavy atom. The van der Waals surface area contributed by atoms with Gasteiger partial charge in [0.15, 0.2) is 0 Å². The largest absolute Gasteiger partial charge is 0.489 e. The van der Waals surface area contributed by atoms with Gasteiger partial charge in [0, 0.05) is 17.3 Å². The number of halogens is 1. The van der Waals surface area contributed by atoms with Gasteiger partial charge in [-0.25, -0.2) is 4.39 Å². The van der Waals surface area contributed by atoms with Crippen LogP contribution in [0.2, 0.25) is 0 Å². The van der Waals surface area contributed by atoms with Crippen LogP contribution in [0.25, 0.3) is 0 Å². The molecule has 3 nitrogen and oxygen atoms in total. The van der Waals surface area contributed by atoms with Crippen LogP contribution in [-0.2, 0) is 6.61 Å². The van der Waals surface area contributed by atoms with E-state index >= 15 is 0 Å². The van der Waals surface area contributed by atoms with Crippen molar-refractivity contribution < 1.29 is 9.13 Å². The standard InChI is InChI=1S/C14H11FN2O/c15-14-10(8-16)3-1-4-11(14)9-18-13-6-2-5-12(17)7-13/h1-7H,9,17H2. The maximum absolute atomic E-state index is 13.7. The van der Waals surface area contributed by atoms with Crippen molar-refractivity contribution in [1.82, 2.24) is 0 Å². The van der Waals surface area contributed by atoms with Crippen molar-refractivity contribution in [3.8, 4) is 11.8 Å². The second kappa shape index (κ2) is 5.19. The zero-order valence-electron chi connectivity index (χ0n) is 9.56. The topological polar surface area (TPSA) is 59.0 Å².